The minimum atomic E-state index is -0.570. The zero-order valence-corrected chi connectivity index (χ0v) is 11.6. The molecule has 4 heteroatoms. The van der Waals surface area contributed by atoms with Crippen LogP contribution in [0.5, 0.6) is 0 Å². The molecule has 1 spiro atoms. The Balaban J connectivity index is 1.59. The van der Waals surface area contributed by atoms with E-state index in [2.05, 4.69) is 5.32 Å². The van der Waals surface area contributed by atoms with Gasteiger partial charge in [0.05, 0.1) is 11.3 Å². The number of nitrogens with one attached hydrogen (secondary N) is 1. The molecule has 1 N–H and O–H groups in total. The van der Waals surface area contributed by atoms with Gasteiger partial charge in [-0.3, -0.25) is 9.59 Å². The fourth-order valence-corrected chi connectivity index (χ4v) is 3.47. The first-order valence-electron chi connectivity index (χ1n) is 7.30. The number of carbonyl (C=O) groups excluding carboxylic acids is 2. The molecule has 104 valence electrons. The van der Waals surface area contributed by atoms with Gasteiger partial charge in [0.25, 0.3) is 0 Å². The molecular formula is C16H18N2O2. The molecular weight excluding hydrogens is 252 g/mol. The fourth-order valence-electron chi connectivity index (χ4n) is 3.47. The second-order valence-corrected chi connectivity index (χ2v) is 6.30. The van der Waals surface area contributed by atoms with Crippen molar-refractivity contribution in [3.05, 3.63) is 29.8 Å². The normalized spacial score (nSPS) is 30.6. The number of rotatable bonds is 3. The van der Waals surface area contributed by atoms with Gasteiger partial charge in [0.1, 0.15) is 0 Å². The van der Waals surface area contributed by atoms with E-state index in [1.54, 1.807) is 11.9 Å². The van der Waals surface area contributed by atoms with Crippen LogP contribution < -0.4 is 10.2 Å². The van der Waals surface area contributed by atoms with Gasteiger partial charge in [-0.25, -0.2) is 0 Å². The van der Waals surface area contributed by atoms with Crippen molar-refractivity contribution in [2.24, 2.45) is 11.8 Å². The van der Waals surface area contributed by atoms with Crippen molar-refractivity contribution >= 4 is 17.5 Å². The molecule has 0 aromatic heterocycles. The van der Waals surface area contributed by atoms with Crippen LogP contribution in [0.15, 0.2) is 24.3 Å². The minimum Gasteiger partial charge on any atom is -0.356 e. The smallest absolute Gasteiger partial charge is 0.238 e. The highest BCUT2D eigenvalue weighted by Crippen LogP contribution is 2.61. The van der Waals surface area contributed by atoms with Crippen molar-refractivity contribution < 1.29 is 9.59 Å². The van der Waals surface area contributed by atoms with E-state index in [1.165, 1.54) is 12.8 Å². The number of likely N-dealkylation sites (N-methyl/N-ethyl adjacent to an activating group) is 1. The van der Waals surface area contributed by atoms with E-state index in [1.807, 2.05) is 24.3 Å². The summed E-state index contributed by atoms with van der Waals surface area (Å²) in [6.45, 7) is 0.775. The number of hydrogen-bond acceptors (Lipinski definition) is 2. The van der Waals surface area contributed by atoms with Crippen LogP contribution in [0.2, 0.25) is 0 Å². The van der Waals surface area contributed by atoms with Crippen LogP contribution in [0.3, 0.4) is 0 Å². The highest BCUT2D eigenvalue weighted by atomic mass is 16.2. The van der Waals surface area contributed by atoms with Crippen molar-refractivity contribution in [2.45, 2.75) is 24.7 Å². The van der Waals surface area contributed by atoms with E-state index in [0.29, 0.717) is 12.3 Å². The summed E-state index contributed by atoms with van der Waals surface area (Å²) in [4.78, 5) is 26.5. The minimum absolute atomic E-state index is 0.0513. The average Bonchev–Trinajstić information content (AvgIpc) is 3.36. The van der Waals surface area contributed by atoms with Gasteiger partial charge in [-0.05, 0) is 36.8 Å². The Hall–Kier alpha value is -1.84. The molecule has 1 aliphatic heterocycles. The molecule has 4 nitrogen and oxygen atoms in total. The first-order valence-corrected chi connectivity index (χ1v) is 7.30. The summed E-state index contributed by atoms with van der Waals surface area (Å²) in [7, 11) is 1.80. The lowest BCUT2D eigenvalue weighted by Gasteiger charge is -2.11. The largest absolute Gasteiger partial charge is 0.356 e. The standard InChI is InChI=1S/C16H18N2O2/c1-18-13-5-3-2-4-11(13)16(15(18)20)8-12(16)14(19)17-9-10-6-7-10/h2-5,10,12H,6-9H2,1H3,(H,17,19). The lowest BCUT2D eigenvalue weighted by molar-refractivity contribution is -0.126. The topological polar surface area (TPSA) is 49.4 Å². The zero-order valence-electron chi connectivity index (χ0n) is 11.6. The molecule has 2 saturated carbocycles. The summed E-state index contributed by atoms with van der Waals surface area (Å²) in [5.41, 5.74) is 1.41. The Morgan fingerprint density at radius 2 is 2.15 bits per heavy atom. The van der Waals surface area contributed by atoms with Crippen molar-refractivity contribution in [1.82, 2.24) is 5.32 Å². The molecule has 2 aliphatic carbocycles. The fraction of sp³-hybridized carbons (Fsp3) is 0.500. The van der Waals surface area contributed by atoms with Crippen molar-refractivity contribution in [1.29, 1.82) is 0 Å². The van der Waals surface area contributed by atoms with Gasteiger partial charge in [-0.2, -0.15) is 0 Å². The number of anilines is 1. The predicted octanol–water partition coefficient (Wildman–Crippen LogP) is 1.45. The van der Waals surface area contributed by atoms with E-state index < -0.39 is 5.41 Å². The predicted molar refractivity (Wildman–Crippen MR) is 75.4 cm³/mol. The van der Waals surface area contributed by atoms with Gasteiger partial charge >= 0.3 is 0 Å². The quantitative estimate of drug-likeness (QED) is 0.903. The van der Waals surface area contributed by atoms with E-state index in [-0.39, 0.29) is 17.7 Å². The van der Waals surface area contributed by atoms with Crippen LogP contribution in [0, 0.1) is 11.8 Å². The second kappa shape index (κ2) is 3.84. The van der Waals surface area contributed by atoms with Crippen LogP contribution in [0.1, 0.15) is 24.8 Å². The molecule has 3 aliphatic rings. The zero-order chi connectivity index (χ0) is 13.9. The monoisotopic (exact) mass is 270 g/mol. The van der Waals surface area contributed by atoms with Crippen molar-refractivity contribution in [3.8, 4) is 0 Å². The third kappa shape index (κ3) is 1.48. The van der Waals surface area contributed by atoms with E-state index in [9.17, 15) is 9.59 Å². The highest BCUT2D eigenvalue weighted by molar-refractivity contribution is 6.13. The first-order chi connectivity index (χ1) is 9.64. The van der Waals surface area contributed by atoms with E-state index in [0.717, 1.165) is 17.8 Å². The highest BCUT2D eigenvalue weighted by Gasteiger charge is 2.68. The van der Waals surface area contributed by atoms with Gasteiger partial charge in [0, 0.05) is 19.3 Å². The number of hydrogen-bond donors (Lipinski definition) is 1. The molecule has 1 aromatic carbocycles. The Morgan fingerprint density at radius 3 is 2.90 bits per heavy atom. The first kappa shape index (κ1) is 11.9. The molecule has 0 radical (unpaired) electrons. The summed E-state index contributed by atoms with van der Waals surface area (Å²) in [5.74, 6) is 0.614. The van der Waals surface area contributed by atoms with Gasteiger partial charge in [-0.15, -0.1) is 0 Å². The van der Waals surface area contributed by atoms with Crippen LogP contribution in [0.4, 0.5) is 5.69 Å². The van der Waals surface area contributed by atoms with Gasteiger partial charge in [0.15, 0.2) is 0 Å². The van der Waals surface area contributed by atoms with Crippen LogP contribution in [-0.2, 0) is 15.0 Å². The molecule has 2 unspecified atom stereocenters. The van der Waals surface area contributed by atoms with Gasteiger partial charge < -0.3 is 10.2 Å². The Kier molecular flexibility index (Phi) is 2.29. The molecule has 0 saturated heterocycles. The van der Waals surface area contributed by atoms with Crippen molar-refractivity contribution in [2.75, 3.05) is 18.5 Å². The van der Waals surface area contributed by atoms with E-state index >= 15 is 0 Å². The Labute approximate surface area is 118 Å². The second-order valence-electron chi connectivity index (χ2n) is 6.30. The molecule has 2 amide bonds. The summed E-state index contributed by atoms with van der Waals surface area (Å²) in [6.07, 6.45) is 3.10. The number of para-hydroxylation sites is 1. The number of carbonyl (C=O) groups is 2. The Morgan fingerprint density at radius 1 is 1.40 bits per heavy atom. The molecule has 2 atom stereocenters. The lowest BCUT2D eigenvalue weighted by Crippen LogP contribution is -2.35. The molecule has 4 rings (SSSR count). The van der Waals surface area contributed by atoms with Crippen LogP contribution in [-0.4, -0.2) is 25.4 Å². The number of fused-ring (bicyclic) bond motifs is 2. The third-order valence-electron chi connectivity index (χ3n) is 4.97. The number of benzene rings is 1. The average molecular weight is 270 g/mol. The Bertz CT molecular complexity index is 608. The van der Waals surface area contributed by atoms with E-state index in [4.69, 9.17) is 0 Å². The molecule has 20 heavy (non-hydrogen) atoms. The summed E-state index contributed by atoms with van der Waals surface area (Å²) in [5, 5.41) is 3.01. The molecule has 1 heterocycles. The molecule has 0 bridgehead atoms. The third-order valence-corrected chi connectivity index (χ3v) is 4.97. The SMILES string of the molecule is CN1C(=O)C2(CC2C(=O)NCC2CC2)c2ccccc21. The number of nitrogens with zero attached hydrogens (tertiary/aromatic N) is 1. The summed E-state index contributed by atoms with van der Waals surface area (Å²) in [6, 6.07) is 7.83. The maximum absolute atomic E-state index is 12.6. The van der Waals surface area contributed by atoms with Crippen LogP contribution in [0.25, 0.3) is 0 Å². The van der Waals surface area contributed by atoms with Crippen LogP contribution >= 0.6 is 0 Å². The maximum Gasteiger partial charge on any atom is 0.238 e. The van der Waals surface area contributed by atoms with Gasteiger partial charge in [-0.1, -0.05) is 18.2 Å². The molecule has 1 aromatic rings. The summed E-state index contributed by atoms with van der Waals surface area (Å²) >= 11 is 0. The lowest BCUT2D eigenvalue weighted by atomic mass is 9.94. The summed E-state index contributed by atoms with van der Waals surface area (Å²) < 4.78 is 0. The number of amides is 2. The molecule has 2 fully saturated rings. The maximum atomic E-state index is 12.6. The van der Waals surface area contributed by atoms with Crippen molar-refractivity contribution in [3.63, 3.8) is 0 Å². The van der Waals surface area contributed by atoms with Gasteiger partial charge in [0.2, 0.25) is 11.8 Å².